The number of rotatable bonds is 3. The fourth-order valence-corrected chi connectivity index (χ4v) is 1.21. The van der Waals surface area contributed by atoms with E-state index in [9.17, 15) is 9.59 Å². The summed E-state index contributed by atoms with van der Waals surface area (Å²) in [5.41, 5.74) is 0.493. The first-order valence-electron chi connectivity index (χ1n) is 4.18. The molecule has 0 saturated heterocycles. The molecule has 5 nitrogen and oxygen atoms in total. The summed E-state index contributed by atoms with van der Waals surface area (Å²) < 4.78 is 1.68. The van der Waals surface area contributed by atoms with Gasteiger partial charge in [-0.3, -0.25) is 14.3 Å². The molecule has 1 aromatic heterocycles. The van der Waals surface area contributed by atoms with Gasteiger partial charge in [-0.15, -0.1) is 0 Å². The van der Waals surface area contributed by atoms with Crippen LogP contribution in [0.15, 0.2) is 28.0 Å². The van der Waals surface area contributed by atoms with Gasteiger partial charge < -0.3 is 5.32 Å². The van der Waals surface area contributed by atoms with Gasteiger partial charge in [0.15, 0.2) is 0 Å². The Labute approximate surface area is 79.7 Å². The smallest absolute Gasteiger partial charge is 0.248 e. The third-order valence-corrected chi connectivity index (χ3v) is 1.99. The van der Waals surface area contributed by atoms with E-state index in [1.807, 2.05) is 13.2 Å². The van der Waals surface area contributed by atoms with Crippen molar-refractivity contribution >= 4 is 5.69 Å². The summed E-state index contributed by atoms with van der Waals surface area (Å²) in [6.07, 6.45) is 3.55. The van der Waals surface area contributed by atoms with Crippen molar-refractivity contribution in [2.75, 3.05) is 5.32 Å². The van der Waals surface area contributed by atoms with E-state index in [0.717, 1.165) is 5.56 Å². The minimum absolute atomic E-state index is 0.388. The van der Waals surface area contributed by atoms with E-state index in [0.29, 0.717) is 12.2 Å². The van der Waals surface area contributed by atoms with E-state index >= 15 is 0 Å². The lowest BCUT2D eigenvalue weighted by Crippen LogP contribution is -2.32. The predicted octanol–water partition coefficient (Wildman–Crippen LogP) is -0.372. The standard InChI is InChI=1S/C9H9N3O2/c1-12-5-6(4-11-12)3-10-7-2-8(13)9(7)14/h2,4-5,10H,3H2,1H3. The first-order chi connectivity index (χ1) is 6.66. The van der Waals surface area contributed by atoms with Crippen molar-refractivity contribution in [3.8, 4) is 0 Å². The Hall–Kier alpha value is -1.91. The van der Waals surface area contributed by atoms with E-state index in [-0.39, 0.29) is 0 Å². The number of anilines is 1. The van der Waals surface area contributed by atoms with Crippen molar-refractivity contribution in [1.29, 1.82) is 0 Å². The molecule has 0 radical (unpaired) electrons. The van der Waals surface area contributed by atoms with Crippen molar-refractivity contribution in [3.63, 3.8) is 0 Å². The molecular formula is C9H9N3O2. The molecule has 72 valence electrons. The van der Waals surface area contributed by atoms with Crippen molar-refractivity contribution in [2.45, 2.75) is 6.54 Å². The molecule has 0 aliphatic rings. The Morgan fingerprint density at radius 2 is 2.29 bits per heavy atom. The number of nitrogens with zero attached hydrogens (tertiary/aromatic N) is 2. The summed E-state index contributed by atoms with van der Waals surface area (Å²) in [7, 11) is 1.82. The van der Waals surface area contributed by atoms with E-state index in [2.05, 4.69) is 10.4 Å². The van der Waals surface area contributed by atoms with Gasteiger partial charge in [-0.05, 0) is 0 Å². The molecule has 1 N–H and O–H groups in total. The van der Waals surface area contributed by atoms with Crippen LogP contribution in [0.5, 0.6) is 0 Å². The summed E-state index contributed by atoms with van der Waals surface area (Å²) in [4.78, 5) is 21.5. The van der Waals surface area contributed by atoms with E-state index in [4.69, 9.17) is 0 Å². The van der Waals surface area contributed by atoms with Gasteiger partial charge in [0.25, 0.3) is 0 Å². The van der Waals surface area contributed by atoms with E-state index in [1.54, 1.807) is 10.9 Å². The van der Waals surface area contributed by atoms with Gasteiger partial charge in [0.1, 0.15) is 0 Å². The minimum Gasteiger partial charge on any atom is -0.377 e. The van der Waals surface area contributed by atoms with Crippen molar-refractivity contribution in [3.05, 3.63) is 44.5 Å². The first-order valence-corrected chi connectivity index (χ1v) is 4.18. The normalized spacial score (nSPS) is 10.6. The fraction of sp³-hybridized carbons (Fsp3) is 0.222. The minimum atomic E-state index is -0.436. The van der Waals surface area contributed by atoms with E-state index < -0.39 is 10.9 Å². The summed E-state index contributed by atoms with van der Waals surface area (Å²) in [5, 5.41) is 6.84. The van der Waals surface area contributed by atoms with Crippen LogP contribution in [0, 0.1) is 0 Å². The summed E-state index contributed by atoms with van der Waals surface area (Å²) in [5.74, 6) is 0. The molecule has 0 unspecified atom stereocenters. The number of aryl methyl sites for hydroxylation is 1. The molecule has 0 aliphatic heterocycles. The Kier molecular flexibility index (Phi) is 1.92. The van der Waals surface area contributed by atoms with Crippen LogP contribution in [0.1, 0.15) is 5.56 Å². The van der Waals surface area contributed by atoms with Gasteiger partial charge in [0.05, 0.1) is 11.9 Å². The Bertz CT molecular complexity index is 520. The van der Waals surface area contributed by atoms with Gasteiger partial charge in [-0.1, -0.05) is 0 Å². The summed E-state index contributed by atoms with van der Waals surface area (Å²) >= 11 is 0. The second-order valence-corrected chi connectivity index (χ2v) is 3.13. The summed E-state index contributed by atoms with van der Waals surface area (Å²) in [6.45, 7) is 0.513. The highest BCUT2D eigenvalue weighted by molar-refractivity contribution is 5.47. The average Bonchev–Trinajstić information content (AvgIpc) is 2.58. The van der Waals surface area contributed by atoms with Crippen LogP contribution in [-0.4, -0.2) is 9.78 Å². The van der Waals surface area contributed by atoms with Crippen LogP contribution < -0.4 is 16.2 Å². The third-order valence-electron chi connectivity index (χ3n) is 1.99. The van der Waals surface area contributed by atoms with Crippen molar-refractivity contribution in [1.82, 2.24) is 9.78 Å². The topological polar surface area (TPSA) is 64.0 Å². The van der Waals surface area contributed by atoms with Gasteiger partial charge in [0, 0.05) is 31.4 Å². The van der Waals surface area contributed by atoms with Crippen LogP contribution >= 0.6 is 0 Å². The zero-order valence-corrected chi connectivity index (χ0v) is 7.65. The maximum Gasteiger partial charge on any atom is 0.248 e. The molecule has 0 saturated carbocycles. The van der Waals surface area contributed by atoms with Crippen molar-refractivity contribution < 1.29 is 0 Å². The van der Waals surface area contributed by atoms with Crippen LogP contribution in [0.2, 0.25) is 0 Å². The number of nitrogens with one attached hydrogen (secondary N) is 1. The second-order valence-electron chi connectivity index (χ2n) is 3.13. The molecular weight excluding hydrogens is 182 g/mol. The Balaban J connectivity index is 2.00. The molecule has 14 heavy (non-hydrogen) atoms. The van der Waals surface area contributed by atoms with Crippen LogP contribution in [0.3, 0.4) is 0 Å². The molecule has 0 atom stereocenters. The lowest BCUT2D eigenvalue weighted by molar-refractivity contribution is 0.767. The lowest BCUT2D eigenvalue weighted by atomic mass is 10.2. The maximum absolute atomic E-state index is 10.9. The van der Waals surface area contributed by atoms with Crippen molar-refractivity contribution in [2.24, 2.45) is 7.05 Å². The molecule has 5 heteroatoms. The largest absolute Gasteiger partial charge is 0.377 e. The highest BCUT2D eigenvalue weighted by Crippen LogP contribution is 2.01. The van der Waals surface area contributed by atoms with Crippen LogP contribution in [-0.2, 0) is 13.6 Å². The molecule has 0 bridgehead atoms. The van der Waals surface area contributed by atoms with Gasteiger partial charge in [-0.25, -0.2) is 0 Å². The van der Waals surface area contributed by atoms with E-state index in [1.165, 1.54) is 6.07 Å². The summed E-state index contributed by atoms with van der Waals surface area (Å²) in [6, 6.07) is 1.30. The quantitative estimate of drug-likeness (QED) is 0.672. The number of aromatic nitrogens is 2. The SMILES string of the molecule is Cn1cc(CNc2cc(=O)c2=O)cn1. The predicted molar refractivity (Wildman–Crippen MR) is 51.9 cm³/mol. The molecule has 2 rings (SSSR count). The molecule has 0 amide bonds. The van der Waals surface area contributed by atoms with Gasteiger partial charge in [-0.2, -0.15) is 5.10 Å². The maximum atomic E-state index is 10.9. The molecule has 2 aromatic rings. The third kappa shape index (κ3) is 1.44. The molecule has 1 heterocycles. The Morgan fingerprint density at radius 1 is 1.50 bits per heavy atom. The zero-order valence-electron chi connectivity index (χ0n) is 7.65. The van der Waals surface area contributed by atoms with Crippen LogP contribution in [0.25, 0.3) is 0 Å². The number of hydrogen-bond donors (Lipinski definition) is 1. The van der Waals surface area contributed by atoms with Crippen LogP contribution in [0.4, 0.5) is 5.69 Å². The molecule has 0 fully saturated rings. The van der Waals surface area contributed by atoms with Gasteiger partial charge >= 0.3 is 0 Å². The van der Waals surface area contributed by atoms with Gasteiger partial charge in [0.2, 0.25) is 10.9 Å². The lowest BCUT2D eigenvalue weighted by Gasteiger charge is -2.03. The molecule has 0 spiro atoms. The highest BCUT2D eigenvalue weighted by Gasteiger charge is 2.08. The number of hydrogen-bond acceptors (Lipinski definition) is 4. The first kappa shape index (κ1) is 8.68. The Morgan fingerprint density at radius 3 is 2.79 bits per heavy atom. The monoisotopic (exact) mass is 191 g/mol. The average molecular weight is 191 g/mol. The second kappa shape index (κ2) is 3.10. The zero-order chi connectivity index (χ0) is 10.1. The fourth-order valence-electron chi connectivity index (χ4n) is 1.21. The molecule has 1 aromatic carbocycles. The highest BCUT2D eigenvalue weighted by atomic mass is 16.2. The molecule has 0 aliphatic carbocycles.